The van der Waals surface area contributed by atoms with Crippen LogP contribution in [0.2, 0.25) is 0 Å². The van der Waals surface area contributed by atoms with E-state index in [2.05, 4.69) is 9.72 Å². The van der Waals surface area contributed by atoms with Gasteiger partial charge in [-0.3, -0.25) is 9.78 Å². The first-order valence-electron chi connectivity index (χ1n) is 5.46. The van der Waals surface area contributed by atoms with Crippen molar-refractivity contribution in [2.75, 3.05) is 7.11 Å². The molecular weight excluding hydrogens is 249 g/mol. The molecule has 0 aliphatic rings. The summed E-state index contributed by atoms with van der Waals surface area (Å²) in [7, 11) is 1.23. The predicted octanol–water partition coefficient (Wildman–Crippen LogP) is 2.24. The SMILES string of the molecule is COC(=O)c1ccncc1C(=O)c1ccc(F)cc1. The fourth-order valence-corrected chi connectivity index (χ4v) is 1.62. The maximum Gasteiger partial charge on any atom is 0.338 e. The summed E-state index contributed by atoms with van der Waals surface area (Å²) >= 11 is 0. The number of aromatic nitrogens is 1. The molecule has 4 nitrogen and oxygen atoms in total. The number of carbonyl (C=O) groups excluding carboxylic acids is 2. The van der Waals surface area contributed by atoms with Gasteiger partial charge in [0.2, 0.25) is 0 Å². The van der Waals surface area contributed by atoms with Gasteiger partial charge in [0, 0.05) is 18.0 Å². The Morgan fingerprint density at radius 1 is 1.11 bits per heavy atom. The van der Waals surface area contributed by atoms with Gasteiger partial charge in [0.05, 0.1) is 18.2 Å². The van der Waals surface area contributed by atoms with Gasteiger partial charge in [0.15, 0.2) is 5.78 Å². The number of methoxy groups -OCH3 is 1. The van der Waals surface area contributed by atoms with Gasteiger partial charge in [-0.2, -0.15) is 0 Å². The standard InChI is InChI=1S/C14H10FNO3/c1-19-14(18)11-6-7-16-8-12(11)13(17)9-2-4-10(15)5-3-9/h2-8H,1H3. The molecule has 96 valence electrons. The second-order valence-electron chi connectivity index (χ2n) is 3.75. The van der Waals surface area contributed by atoms with Crippen LogP contribution in [0.4, 0.5) is 4.39 Å². The number of nitrogens with zero attached hydrogens (tertiary/aromatic N) is 1. The van der Waals surface area contributed by atoms with Crippen LogP contribution >= 0.6 is 0 Å². The first-order valence-corrected chi connectivity index (χ1v) is 5.46. The van der Waals surface area contributed by atoms with Crippen molar-refractivity contribution in [3.63, 3.8) is 0 Å². The smallest absolute Gasteiger partial charge is 0.338 e. The van der Waals surface area contributed by atoms with Crippen LogP contribution in [-0.2, 0) is 4.74 Å². The number of benzene rings is 1. The molecule has 0 spiro atoms. The largest absolute Gasteiger partial charge is 0.465 e. The molecule has 5 heteroatoms. The molecule has 1 aromatic heterocycles. The Morgan fingerprint density at radius 2 is 1.79 bits per heavy atom. The van der Waals surface area contributed by atoms with Gasteiger partial charge in [0.25, 0.3) is 0 Å². The number of pyridine rings is 1. The molecule has 0 saturated heterocycles. The molecule has 1 heterocycles. The van der Waals surface area contributed by atoms with E-state index in [1.54, 1.807) is 0 Å². The van der Waals surface area contributed by atoms with E-state index in [0.717, 1.165) is 0 Å². The molecule has 0 bridgehead atoms. The molecule has 0 aliphatic heterocycles. The molecule has 1 aromatic carbocycles. The quantitative estimate of drug-likeness (QED) is 0.626. The second-order valence-corrected chi connectivity index (χ2v) is 3.75. The first-order chi connectivity index (χ1) is 9.13. The van der Waals surface area contributed by atoms with Crippen LogP contribution in [0.15, 0.2) is 42.7 Å². The second kappa shape index (κ2) is 5.39. The minimum absolute atomic E-state index is 0.126. The summed E-state index contributed by atoms with van der Waals surface area (Å²) in [5, 5.41) is 0. The Morgan fingerprint density at radius 3 is 2.42 bits per heavy atom. The molecule has 0 fully saturated rings. The number of ketones is 1. The first kappa shape index (κ1) is 12.9. The predicted molar refractivity (Wildman–Crippen MR) is 65.4 cm³/mol. The zero-order valence-corrected chi connectivity index (χ0v) is 10.1. The van der Waals surface area contributed by atoms with E-state index in [-0.39, 0.29) is 16.7 Å². The molecule has 0 amide bonds. The van der Waals surface area contributed by atoms with E-state index in [1.165, 1.54) is 49.8 Å². The maximum absolute atomic E-state index is 12.8. The molecule has 0 aliphatic carbocycles. The summed E-state index contributed by atoms with van der Waals surface area (Å²) in [5.41, 5.74) is 0.535. The van der Waals surface area contributed by atoms with Crippen LogP contribution in [-0.4, -0.2) is 23.8 Å². The number of halogens is 1. The van der Waals surface area contributed by atoms with Gasteiger partial charge in [-0.1, -0.05) is 0 Å². The van der Waals surface area contributed by atoms with Crippen LogP contribution in [0.1, 0.15) is 26.3 Å². The summed E-state index contributed by atoms with van der Waals surface area (Å²) in [6.07, 6.45) is 2.69. The zero-order valence-electron chi connectivity index (χ0n) is 10.1. The van der Waals surface area contributed by atoms with Gasteiger partial charge in [-0.15, -0.1) is 0 Å². The molecule has 2 aromatic rings. The number of esters is 1. The molecule has 19 heavy (non-hydrogen) atoms. The third-order valence-electron chi connectivity index (χ3n) is 2.58. The Labute approximate surface area is 108 Å². The van der Waals surface area contributed by atoms with Crippen molar-refractivity contribution in [3.05, 3.63) is 65.2 Å². The fourth-order valence-electron chi connectivity index (χ4n) is 1.62. The van der Waals surface area contributed by atoms with E-state index in [9.17, 15) is 14.0 Å². The lowest BCUT2D eigenvalue weighted by Crippen LogP contribution is -2.11. The van der Waals surface area contributed by atoms with Crippen molar-refractivity contribution in [2.24, 2.45) is 0 Å². The van der Waals surface area contributed by atoms with Crippen molar-refractivity contribution in [3.8, 4) is 0 Å². The van der Waals surface area contributed by atoms with E-state index in [1.807, 2.05) is 0 Å². The molecule has 2 rings (SSSR count). The van der Waals surface area contributed by atoms with Crippen molar-refractivity contribution >= 4 is 11.8 Å². The molecule has 0 radical (unpaired) electrons. The van der Waals surface area contributed by atoms with E-state index < -0.39 is 17.6 Å². The summed E-state index contributed by atoms with van der Waals surface area (Å²) in [5.74, 6) is -1.46. The molecule has 0 saturated carbocycles. The fraction of sp³-hybridized carbons (Fsp3) is 0.0714. The number of rotatable bonds is 3. The molecule has 0 atom stereocenters. The zero-order chi connectivity index (χ0) is 13.8. The number of hydrogen-bond donors (Lipinski definition) is 0. The Bertz CT molecular complexity index is 623. The summed E-state index contributed by atoms with van der Waals surface area (Å²) in [6.45, 7) is 0. The van der Waals surface area contributed by atoms with Crippen LogP contribution < -0.4 is 0 Å². The van der Waals surface area contributed by atoms with Crippen molar-refractivity contribution < 1.29 is 18.7 Å². The highest BCUT2D eigenvalue weighted by atomic mass is 19.1. The van der Waals surface area contributed by atoms with Crippen LogP contribution in [0.5, 0.6) is 0 Å². The average molecular weight is 259 g/mol. The highest BCUT2D eigenvalue weighted by molar-refractivity contribution is 6.14. The van der Waals surface area contributed by atoms with Gasteiger partial charge < -0.3 is 4.74 Å². The Balaban J connectivity index is 2.44. The summed E-state index contributed by atoms with van der Waals surface area (Å²) in [4.78, 5) is 27.6. The van der Waals surface area contributed by atoms with Crippen LogP contribution in [0, 0.1) is 5.82 Å². The van der Waals surface area contributed by atoms with Crippen LogP contribution in [0.25, 0.3) is 0 Å². The lowest BCUT2D eigenvalue weighted by atomic mass is 10.0. The third kappa shape index (κ3) is 2.65. The minimum atomic E-state index is -0.618. The Hall–Kier alpha value is -2.56. The summed E-state index contributed by atoms with van der Waals surface area (Å²) < 4.78 is 17.4. The Kier molecular flexibility index (Phi) is 3.66. The monoisotopic (exact) mass is 259 g/mol. The maximum atomic E-state index is 12.8. The van der Waals surface area contributed by atoms with E-state index in [0.29, 0.717) is 0 Å². The number of ether oxygens (including phenoxy) is 1. The lowest BCUT2D eigenvalue weighted by Gasteiger charge is -2.06. The topological polar surface area (TPSA) is 56.3 Å². The van der Waals surface area contributed by atoms with Crippen molar-refractivity contribution in [1.82, 2.24) is 4.98 Å². The lowest BCUT2D eigenvalue weighted by molar-refractivity contribution is 0.0597. The van der Waals surface area contributed by atoms with E-state index >= 15 is 0 Å². The average Bonchev–Trinajstić information content (AvgIpc) is 2.46. The van der Waals surface area contributed by atoms with Gasteiger partial charge in [-0.05, 0) is 30.3 Å². The minimum Gasteiger partial charge on any atom is -0.465 e. The normalized spacial score (nSPS) is 10.0. The van der Waals surface area contributed by atoms with Gasteiger partial charge in [0.1, 0.15) is 5.82 Å². The van der Waals surface area contributed by atoms with Gasteiger partial charge in [-0.25, -0.2) is 9.18 Å². The van der Waals surface area contributed by atoms with Crippen molar-refractivity contribution in [1.29, 1.82) is 0 Å². The highest BCUT2D eigenvalue weighted by Crippen LogP contribution is 2.15. The molecular formula is C14H10FNO3. The van der Waals surface area contributed by atoms with E-state index in [4.69, 9.17) is 0 Å². The van der Waals surface area contributed by atoms with Crippen LogP contribution in [0.3, 0.4) is 0 Å². The number of hydrogen-bond acceptors (Lipinski definition) is 4. The molecule has 0 unspecified atom stereocenters. The highest BCUT2D eigenvalue weighted by Gasteiger charge is 2.18. The van der Waals surface area contributed by atoms with Crippen molar-refractivity contribution in [2.45, 2.75) is 0 Å². The third-order valence-corrected chi connectivity index (χ3v) is 2.58. The van der Waals surface area contributed by atoms with Gasteiger partial charge >= 0.3 is 5.97 Å². The number of carbonyl (C=O) groups is 2. The molecule has 0 N–H and O–H groups in total. The summed E-state index contributed by atoms with van der Waals surface area (Å²) in [6, 6.07) is 6.48.